The average Bonchev–Trinajstić information content (AvgIpc) is 3.27. The summed E-state index contributed by atoms with van der Waals surface area (Å²) in [6.45, 7) is 6.31. The molecule has 0 spiro atoms. The number of hydrogen-bond donors (Lipinski definition) is 2. The Hall–Kier alpha value is -2.73. The van der Waals surface area contributed by atoms with Crippen molar-refractivity contribution < 1.29 is 14.0 Å². The first-order valence-electron chi connectivity index (χ1n) is 10.6. The van der Waals surface area contributed by atoms with E-state index in [4.69, 9.17) is 0 Å². The van der Waals surface area contributed by atoms with Gasteiger partial charge in [0.1, 0.15) is 11.9 Å². The van der Waals surface area contributed by atoms with E-state index in [0.717, 1.165) is 13.1 Å². The van der Waals surface area contributed by atoms with Crippen molar-refractivity contribution in [3.05, 3.63) is 71.5 Å². The van der Waals surface area contributed by atoms with Crippen LogP contribution in [0.4, 0.5) is 4.39 Å². The smallest absolute Gasteiger partial charge is 0.251 e. The van der Waals surface area contributed by atoms with Crippen LogP contribution in [0.5, 0.6) is 0 Å². The molecule has 1 aliphatic rings. The fourth-order valence-electron chi connectivity index (χ4n) is 3.85. The van der Waals surface area contributed by atoms with Crippen molar-refractivity contribution >= 4 is 11.8 Å². The summed E-state index contributed by atoms with van der Waals surface area (Å²) in [7, 11) is 0. The summed E-state index contributed by atoms with van der Waals surface area (Å²) in [6, 6.07) is 14.9. The molecule has 0 unspecified atom stereocenters. The zero-order chi connectivity index (χ0) is 21.5. The van der Waals surface area contributed by atoms with Gasteiger partial charge in [0.25, 0.3) is 5.91 Å². The highest BCUT2D eigenvalue weighted by Crippen LogP contribution is 2.24. The summed E-state index contributed by atoms with van der Waals surface area (Å²) >= 11 is 0. The quantitative estimate of drug-likeness (QED) is 0.699. The van der Waals surface area contributed by atoms with Gasteiger partial charge >= 0.3 is 0 Å². The third-order valence-corrected chi connectivity index (χ3v) is 5.58. The van der Waals surface area contributed by atoms with Crippen LogP contribution >= 0.6 is 0 Å². The van der Waals surface area contributed by atoms with E-state index < -0.39 is 11.9 Å². The van der Waals surface area contributed by atoms with E-state index >= 15 is 0 Å². The first-order chi connectivity index (χ1) is 14.5. The largest absolute Gasteiger partial charge is 0.352 e. The fourth-order valence-corrected chi connectivity index (χ4v) is 3.85. The lowest BCUT2D eigenvalue weighted by atomic mass is 10.0. The molecule has 2 N–H and O–H groups in total. The van der Waals surface area contributed by atoms with Crippen molar-refractivity contribution in [3.8, 4) is 0 Å². The fraction of sp³-hybridized carbons (Fsp3) is 0.417. The molecule has 2 aromatic carbocycles. The Labute approximate surface area is 177 Å². The molecule has 6 heteroatoms. The van der Waals surface area contributed by atoms with E-state index in [1.807, 2.05) is 32.0 Å². The van der Waals surface area contributed by atoms with Crippen molar-refractivity contribution in [1.29, 1.82) is 0 Å². The Bertz CT molecular complexity index is 833. The topological polar surface area (TPSA) is 61.4 Å². The molecule has 1 fully saturated rings. The molecule has 1 aliphatic heterocycles. The van der Waals surface area contributed by atoms with Crippen LogP contribution in [0.2, 0.25) is 0 Å². The maximum absolute atomic E-state index is 13.1. The molecule has 5 nitrogen and oxygen atoms in total. The zero-order valence-electron chi connectivity index (χ0n) is 17.6. The molecular formula is C24H30FN3O2. The number of halogens is 1. The van der Waals surface area contributed by atoms with Crippen molar-refractivity contribution in [1.82, 2.24) is 15.5 Å². The summed E-state index contributed by atoms with van der Waals surface area (Å²) in [6.07, 6.45) is 2.33. The van der Waals surface area contributed by atoms with Gasteiger partial charge in [0.05, 0.1) is 6.04 Å². The second kappa shape index (κ2) is 10.3. The van der Waals surface area contributed by atoms with Crippen LogP contribution in [0, 0.1) is 11.7 Å². The van der Waals surface area contributed by atoms with E-state index in [1.54, 1.807) is 0 Å². The summed E-state index contributed by atoms with van der Waals surface area (Å²) in [5, 5.41) is 5.85. The van der Waals surface area contributed by atoms with Crippen LogP contribution in [0.15, 0.2) is 54.6 Å². The summed E-state index contributed by atoms with van der Waals surface area (Å²) in [5.41, 5.74) is 1.50. The molecular weight excluding hydrogens is 381 g/mol. The Morgan fingerprint density at radius 3 is 2.23 bits per heavy atom. The summed E-state index contributed by atoms with van der Waals surface area (Å²) < 4.78 is 13.1. The van der Waals surface area contributed by atoms with Gasteiger partial charge in [-0.25, -0.2) is 4.39 Å². The second-order valence-electron chi connectivity index (χ2n) is 8.12. The van der Waals surface area contributed by atoms with Gasteiger partial charge in [-0.1, -0.05) is 44.2 Å². The number of carbonyl (C=O) groups excluding carboxylic acids is 2. The molecule has 0 saturated carbocycles. The van der Waals surface area contributed by atoms with Crippen molar-refractivity contribution in [2.45, 2.75) is 38.8 Å². The Morgan fingerprint density at radius 2 is 1.63 bits per heavy atom. The second-order valence-corrected chi connectivity index (χ2v) is 8.12. The van der Waals surface area contributed by atoms with Crippen LogP contribution in [-0.4, -0.2) is 42.4 Å². The molecule has 160 valence electrons. The van der Waals surface area contributed by atoms with E-state index in [-0.39, 0.29) is 23.8 Å². The number of rotatable bonds is 8. The monoisotopic (exact) mass is 411 g/mol. The van der Waals surface area contributed by atoms with Gasteiger partial charge < -0.3 is 10.6 Å². The van der Waals surface area contributed by atoms with Gasteiger partial charge in [0.15, 0.2) is 0 Å². The molecule has 0 aromatic heterocycles. The van der Waals surface area contributed by atoms with Crippen molar-refractivity contribution in [3.63, 3.8) is 0 Å². The molecule has 30 heavy (non-hydrogen) atoms. The number of nitrogens with zero attached hydrogens (tertiary/aromatic N) is 1. The molecule has 0 radical (unpaired) electrons. The lowest BCUT2D eigenvalue weighted by Crippen LogP contribution is -2.51. The highest BCUT2D eigenvalue weighted by atomic mass is 19.1. The molecule has 1 saturated heterocycles. The van der Waals surface area contributed by atoms with E-state index in [0.29, 0.717) is 12.1 Å². The van der Waals surface area contributed by atoms with Crippen LogP contribution in [0.3, 0.4) is 0 Å². The number of nitrogens with one attached hydrogen (secondary N) is 2. The van der Waals surface area contributed by atoms with E-state index in [2.05, 4.69) is 27.7 Å². The molecule has 2 atom stereocenters. The average molecular weight is 412 g/mol. The highest BCUT2D eigenvalue weighted by Gasteiger charge is 2.28. The van der Waals surface area contributed by atoms with Crippen LogP contribution in [0.1, 0.15) is 48.7 Å². The third kappa shape index (κ3) is 5.66. The van der Waals surface area contributed by atoms with Gasteiger partial charge in [0, 0.05) is 12.1 Å². The molecule has 0 aliphatic carbocycles. The van der Waals surface area contributed by atoms with Crippen molar-refractivity contribution in [2.75, 3.05) is 19.6 Å². The predicted octanol–water partition coefficient (Wildman–Crippen LogP) is 3.53. The lowest BCUT2D eigenvalue weighted by Gasteiger charge is -2.29. The summed E-state index contributed by atoms with van der Waals surface area (Å²) in [5.74, 6) is -1.08. The van der Waals surface area contributed by atoms with Gasteiger partial charge in [-0.15, -0.1) is 0 Å². The number of amides is 2. The maximum Gasteiger partial charge on any atom is 0.251 e. The summed E-state index contributed by atoms with van der Waals surface area (Å²) in [4.78, 5) is 27.9. The number of hydrogen-bond acceptors (Lipinski definition) is 3. The van der Waals surface area contributed by atoms with E-state index in [9.17, 15) is 14.0 Å². The minimum Gasteiger partial charge on any atom is -0.352 e. The molecule has 2 amide bonds. The van der Waals surface area contributed by atoms with Crippen molar-refractivity contribution in [2.24, 2.45) is 5.92 Å². The first-order valence-corrected chi connectivity index (χ1v) is 10.6. The molecule has 0 bridgehead atoms. The Morgan fingerprint density at radius 1 is 1.00 bits per heavy atom. The van der Waals surface area contributed by atoms with E-state index in [1.165, 1.54) is 42.7 Å². The SMILES string of the molecule is CC(C)[C@@H](NC(=O)c1ccc(F)cc1)C(=O)NC[C@@H](c1ccccc1)N1CCCC1. The lowest BCUT2D eigenvalue weighted by molar-refractivity contribution is -0.124. The maximum atomic E-state index is 13.1. The van der Waals surface area contributed by atoms with Gasteiger partial charge in [-0.3, -0.25) is 14.5 Å². The minimum absolute atomic E-state index is 0.0867. The Balaban J connectivity index is 1.66. The van der Waals surface area contributed by atoms with Gasteiger partial charge in [-0.2, -0.15) is 0 Å². The van der Waals surface area contributed by atoms with Crippen LogP contribution in [0.25, 0.3) is 0 Å². The third-order valence-electron chi connectivity index (χ3n) is 5.58. The molecule has 1 heterocycles. The first kappa shape index (κ1) is 22.0. The molecule has 2 aromatic rings. The Kier molecular flexibility index (Phi) is 7.57. The van der Waals surface area contributed by atoms with Crippen LogP contribution in [-0.2, 0) is 4.79 Å². The minimum atomic E-state index is -0.669. The normalized spacial score (nSPS) is 16.3. The van der Waals surface area contributed by atoms with Gasteiger partial charge in [0.2, 0.25) is 5.91 Å². The highest BCUT2D eigenvalue weighted by molar-refractivity contribution is 5.97. The standard InChI is InChI=1S/C24H30FN3O2/c1-17(2)22(27-23(29)19-10-12-20(25)13-11-19)24(30)26-16-21(28-14-6-7-15-28)18-8-4-3-5-9-18/h3-5,8-13,17,21-22H,6-7,14-16H2,1-2H3,(H,26,30)(H,27,29)/t21-,22+/m0/s1. The van der Waals surface area contributed by atoms with Gasteiger partial charge in [-0.05, 0) is 61.7 Å². The number of benzene rings is 2. The van der Waals surface area contributed by atoms with Crippen LogP contribution < -0.4 is 10.6 Å². The number of carbonyl (C=O) groups is 2. The predicted molar refractivity (Wildman–Crippen MR) is 115 cm³/mol. The zero-order valence-corrected chi connectivity index (χ0v) is 17.6. The number of likely N-dealkylation sites (tertiary alicyclic amines) is 1. The molecule has 3 rings (SSSR count).